The van der Waals surface area contributed by atoms with Gasteiger partial charge in [0.1, 0.15) is 10.7 Å². The molecule has 0 unspecified atom stereocenters. The van der Waals surface area contributed by atoms with E-state index in [0.29, 0.717) is 28.1 Å². The van der Waals surface area contributed by atoms with Crippen molar-refractivity contribution in [2.24, 2.45) is 0 Å². The molecule has 0 bridgehead atoms. The topological polar surface area (TPSA) is 52.0 Å². The van der Waals surface area contributed by atoms with Crippen molar-refractivity contribution in [3.63, 3.8) is 0 Å². The first-order valence-corrected chi connectivity index (χ1v) is 19.5. The summed E-state index contributed by atoms with van der Waals surface area (Å²) in [5.74, 6) is 0.707. The zero-order chi connectivity index (χ0) is 36.0. The standard InChI is InChI=1S/C49H30N2O2S/c52-54(53)44-24-12-22-42-47(44)51(49(50-42)33-16-5-2-6-17-33)43-23-11-21-40(48(43)54)46-38-20-10-9-19-37(38)45(36-26-25-32-15-7-8-18-34(32)29-36)39-28-27-35(30-41(39)46)31-13-3-1-4-14-31/h1-30H. The zero-order valence-electron chi connectivity index (χ0n) is 28.9. The number of nitrogens with zero attached hydrogens (tertiary/aromatic N) is 2. The fourth-order valence-corrected chi connectivity index (χ4v) is 10.4. The lowest BCUT2D eigenvalue weighted by Crippen LogP contribution is -2.16. The maximum absolute atomic E-state index is 15.2. The fraction of sp³-hybridized carbons (Fsp3) is 0. The Morgan fingerprint density at radius 3 is 1.89 bits per heavy atom. The van der Waals surface area contributed by atoms with Crippen LogP contribution in [0.5, 0.6) is 0 Å². The molecular formula is C49H30N2O2S. The van der Waals surface area contributed by atoms with Crippen LogP contribution in [0.3, 0.4) is 0 Å². The molecule has 0 aliphatic carbocycles. The molecule has 1 aromatic heterocycles. The van der Waals surface area contributed by atoms with Gasteiger partial charge in [-0.05, 0) is 90.5 Å². The van der Waals surface area contributed by atoms with Gasteiger partial charge in [0, 0.05) is 11.1 Å². The molecule has 2 heterocycles. The Hall–Kier alpha value is -6.82. The number of hydrogen-bond acceptors (Lipinski definition) is 3. The smallest absolute Gasteiger partial charge is 0.211 e. The van der Waals surface area contributed by atoms with E-state index in [1.54, 1.807) is 12.1 Å². The van der Waals surface area contributed by atoms with Gasteiger partial charge in [0.15, 0.2) is 0 Å². The van der Waals surface area contributed by atoms with Crippen LogP contribution < -0.4 is 0 Å². The lowest BCUT2D eigenvalue weighted by molar-refractivity contribution is 0.595. The predicted octanol–water partition coefficient (Wildman–Crippen LogP) is 12.3. The Bertz CT molecular complexity index is 3280. The highest BCUT2D eigenvalue weighted by Crippen LogP contribution is 2.50. The minimum Gasteiger partial charge on any atom is -0.290 e. The highest BCUT2D eigenvalue weighted by molar-refractivity contribution is 7.92. The molecular weight excluding hydrogens is 681 g/mol. The number of imidazole rings is 1. The molecule has 4 nitrogen and oxygen atoms in total. The van der Waals surface area contributed by atoms with Gasteiger partial charge in [-0.2, -0.15) is 0 Å². The molecule has 11 rings (SSSR count). The highest BCUT2D eigenvalue weighted by atomic mass is 32.2. The van der Waals surface area contributed by atoms with Gasteiger partial charge in [-0.1, -0.05) is 152 Å². The molecule has 1 aliphatic rings. The number of hydrogen-bond donors (Lipinski definition) is 0. The molecule has 54 heavy (non-hydrogen) atoms. The van der Waals surface area contributed by atoms with Crippen molar-refractivity contribution in [3.8, 4) is 50.5 Å². The maximum Gasteiger partial charge on any atom is 0.211 e. The Morgan fingerprint density at radius 1 is 0.444 bits per heavy atom. The molecule has 0 amide bonds. The third kappa shape index (κ3) is 4.42. The van der Waals surface area contributed by atoms with Crippen molar-refractivity contribution in [2.75, 3.05) is 0 Å². The molecule has 254 valence electrons. The minimum absolute atomic E-state index is 0.265. The van der Waals surface area contributed by atoms with E-state index in [1.807, 2.05) is 65.2 Å². The summed E-state index contributed by atoms with van der Waals surface area (Å²) in [6, 6.07) is 61.8. The average Bonchev–Trinajstić information content (AvgIpc) is 3.62. The molecule has 0 spiro atoms. The number of benzene rings is 9. The first-order chi connectivity index (χ1) is 26.6. The zero-order valence-corrected chi connectivity index (χ0v) is 29.8. The van der Waals surface area contributed by atoms with Gasteiger partial charge in [-0.3, -0.25) is 4.57 Å². The van der Waals surface area contributed by atoms with Crippen LogP contribution in [-0.2, 0) is 9.84 Å². The first kappa shape index (κ1) is 30.8. The number of sulfone groups is 1. The summed E-state index contributed by atoms with van der Waals surface area (Å²) in [6.45, 7) is 0. The summed E-state index contributed by atoms with van der Waals surface area (Å²) in [5, 5.41) is 6.44. The second-order valence-electron chi connectivity index (χ2n) is 13.9. The Kier molecular flexibility index (Phi) is 6.61. The van der Waals surface area contributed by atoms with Crippen LogP contribution in [0.25, 0.3) is 93.8 Å². The Balaban J connectivity index is 1.29. The summed E-state index contributed by atoms with van der Waals surface area (Å²) in [6.07, 6.45) is 0. The molecule has 0 saturated carbocycles. The van der Waals surface area contributed by atoms with Crippen LogP contribution in [0.1, 0.15) is 0 Å². The van der Waals surface area contributed by atoms with Crippen LogP contribution >= 0.6 is 0 Å². The second-order valence-corrected chi connectivity index (χ2v) is 15.8. The molecule has 0 saturated heterocycles. The van der Waals surface area contributed by atoms with Crippen molar-refractivity contribution in [1.29, 1.82) is 0 Å². The van der Waals surface area contributed by atoms with Gasteiger partial charge in [0.2, 0.25) is 9.84 Å². The summed E-state index contributed by atoms with van der Waals surface area (Å²) in [4.78, 5) is 5.58. The Morgan fingerprint density at radius 2 is 1.09 bits per heavy atom. The van der Waals surface area contributed by atoms with E-state index in [1.165, 1.54) is 10.8 Å². The largest absolute Gasteiger partial charge is 0.290 e. The molecule has 0 N–H and O–H groups in total. The van der Waals surface area contributed by atoms with E-state index >= 15 is 8.42 Å². The number of aromatic nitrogens is 2. The van der Waals surface area contributed by atoms with E-state index in [0.717, 1.165) is 54.9 Å². The van der Waals surface area contributed by atoms with Crippen molar-refractivity contribution < 1.29 is 8.42 Å². The maximum atomic E-state index is 15.2. The van der Waals surface area contributed by atoms with E-state index in [2.05, 4.69) is 109 Å². The van der Waals surface area contributed by atoms with Gasteiger partial charge in [0.05, 0.1) is 21.6 Å². The summed E-state index contributed by atoms with van der Waals surface area (Å²) in [5.41, 5.74) is 8.71. The van der Waals surface area contributed by atoms with Crippen LogP contribution in [0.15, 0.2) is 192 Å². The molecule has 5 heteroatoms. The Labute approximate surface area is 312 Å². The molecule has 0 atom stereocenters. The van der Waals surface area contributed by atoms with Crippen LogP contribution in [0.4, 0.5) is 0 Å². The normalized spacial score (nSPS) is 13.1. The number of rotatable bonds is 4. The van der Waals surface area contributed by atoms with Crippen molar-refractivity contribution >= 4 is 53.2 Å². The van der Waals surface area contributed by atoms with Gasteiger partial charge >= 0.3 is 0 Å². The summed E-state index contributed by atoms with van der Waals surface area (Å²) in [7, 11) is -4.00. The minimum atomic E-state index is -4.00. The molecule has 9 aromatic carbocycles. The summed E-state index contributed by atoms with van der Waals surface area (Å²) >= 11 is 0. The van der Waals surface area contributed by atoms with Crippen molar-refractivity contribution in [2.45, 2.75) is 9.79 Å². The van der Waals surface area contributed by atoms with Gasteiger partial charge in [-0.25, -0.2) is 13.4 Å². The highest BCUT2D eigenvalue weighted by Gasteiger charge is 2.36. The van der Waals surface area contributed by atoms with E-state index in [4.69, 9.17) is 4.98 Å². The van der Waals surface area contributed by atoms with E-state index in [-0.39, 0.29) is 9.79 Å². The fourth-order valence-electron chi connectivity index (χ4n) is 8.55. The van der Waals surface area contributed by atoms with E-state index in [9.17, 15) is 0 Å². The number of para-hydroxylation sites is 1. The first-order valence-electron chi connectivity index (χ1n) is 18.0. The third-order valence-corrected chi connectivity index (χ3v) is 12.8. The lowest BCUT2D eigenvalue weighted by atomic mass is 9.84. The van der Waals surface area contributed by atoms with Crippen LogP contribution in [0, 0.1) is 0 Å². The SMILES string of the molecule is O=S1(=O)c2c(-c3c4ccccc4c(-c4ccc5ccccc5c4)c4ccc(-c5ccccc5)cc34)cccc2-n2c(-c3ccccc3)nc3cccc1c32. The monoisotopic (exact) mass is 710 g/mol. The van der Waals surface area contributed by atoms with Gasteiger partial charge < -0.3 is 0 Å². The quantitative estimate of drug-likeness (QED) is 0.171. The van der Waals surface area contributed by atoms with Crippen molar-refractivity contribution in [3.05, 3.63) is 182 Å². The van der Waals surface area contributed by atoms with Crippen LogP contribution in [-0.4, -0.2) is 18.0 Å². The lowest BCUT2D eigenvalue weighted by Gasteiger charge is -2.25. The second kappa shape index (κ2) is 11.6. The predicted molar refractivity (Wildman–Crippen MR) is 221 cm³/mol. The molecule has 0 radical (unpaired) electrons. The van der Waals surface area contributed by atoms with Crippen LogP contribution in [0.2, 0.25) is 0 Å². The third-order valence-electron chi connectivity index (χ3n) is 10.9. The average molecular weight is 711 g/mol. The van der Waals surface area contributed by atoms with Gasteiger partial charge in [-0.15, -0.1) is 0 Å². The van der Waals surface area contributed by atoms with E-state index < -0.39 is 9.84 Å². The molecule has 0 fully saturated rings. The van der Waals surface area contributed by atoms with Gasteiger partial charge in [0.25, 0.3) is 0 Å². The number of fused-ring (bicyclic) bond motifs is 5. The molecule has 10 aromatic rings. The van der Waals surface area contributed by atoms with Crippen molar-refractivity contribution in [1.82, 2.24) is 9.55 Å². The summed E-state index contributed by atoms with van der Waals surface area (Å²) < 4.78 is 32.4. The molecule has 1 aliphatic heterocycles.